The lowest BCUT2D eigenvalue weighted by atomic mass is 10.1. The molecule has 3 aromatic rings. The molecule has 1 aromatic heterocycles. The number of aromatic nitrogens is 2. The summed E-state index contributed by atoms with van der Waals surface area (Å²) in [6, 6.07) is 19.3. The first kappa shape index (κ1) is 16.0. The standard InChI is InChI=1S/C20H21N3O/c1-15-14-23(21-18(15)16-10-6-4-7-11-16)19(20(24)22(2)3)17-12-8-5-9-13-17/h4-14,19H,1-3H3. The number of benzene rings is 2. The lowest BCUT2D eigenvalue weighted by Gasteiger charge is -2.21. The maximum absolute atomic E-state index is 12.8. The highest BCUT2D eigenvalue weighted by molar-refractivity contribution is 5.83. The van der Waals surface area contributed by atoms with Gasteiger partial charge in [0.1, 0.15) is 0 Å². The van der Waals surface area contributed by atoms with Gasteiger partial charge in [-0.3, -0.25) is 9.48 Å². The fourth-order valence-electron chi connectivity index (χ4n) is 2.78. The third-order valence-corrected chi connectivity index (χ3v) is 4.02. The lowest BCUT2D eigenvalue weighted by Crippen LogP contribution is -2.32. The summed E-state index contributed by atoms with van der Waals surface area (Å²) in [5.74, 6) is 0.00307. The van der Waals surface area contributed by atoms with Crippen molar-refractivity contribution < 1.29 is 4.79 Å². The highest BCUT2D eigenvalue weighted by Crippen LogP contribution is 2.26. The van der Waals surface area contributed by atoms with Gasteiger partial charge in [-0.05, 0) is 18.1 Å². The van der Waals surface area contributed by atoms with E-state index in [0.29, 0.717) is 0 Å². The molecule has 1 unspecified atom stereocenters. The van der Waals surface area contributed by atoms with Gasteiger partial charge in [0.2, 0.25) is 0 Å². The molecule has 24 heavy (non-hydrogen) atoms. The smallest absolute Gasteiger partial charge is 0.251 e. The molecule has 0 aliphatic rings. The van der Waals surface area contributed by atoms with E-state index in [4.69, 9.17) is 5.10 Å². The maximum atomic E-state index is 12.8. The van der Waals surface area contributed by atoms with Crippen LogP contribution in [0.15, 0.2) is 66.9 Å². The van der Waals surface area contributed by atoms with Gasteiger partial charge >= 0.3 is 0 Å². The SMILES string of the molecule is Cc1cn(C(C(=O)N(C)C)c2ccccc2)nc1-c1ccccc1. The molecule has 0 fully saturated rings. The van der Waals surface area contributed by atoms with Crippen LogP contribution in [0.2, 0.25) is 0 Å². The summed E-state index contributed by atoms with van der Waals surface area (Å²) in [5.41, 5.74) is 3.94. The fourth-order valence-corrected chi connectivity index (χ4v) is 2.78. The maximum Gasteiger partial charge on any atom is 0.251 e. The molecule has 0 N–H and O–H groups in total. The molecule has 4 heteroatoms. The van der Waals surface area contributed by atoms with Gasteiger partial charge in [-0.25, -0.2) is 0 Å². The van der Waals surface area contributed by atoms with Gasteiger partial charge in [-0.1, -0.05) is 60.7 Å². The lowest BCUT2D eigenvalue weighted by molar-refractivity contribution is -0.131. The fraction of sp³-hybridized carbons (Fsp3) is 0.200. The second-order valence-corrected chi connectivity index (χ2v) is 6.05. The molecule has 1 amide bonds. The van der Waals surface area contributed by atoms with E-state index >= 15 is 0 Å². The van der Waals surface area contributed by atoms with Crippen molar-refractivity contribution in [2.75, 3.05) is 14.1 Å². The quantitative estimate of drug-likeness (QED) is 0.738. The molecule has 0 bridgehead atoms. The van der Waals surface area contributed by atoms with Crippen molar-refractivity contribution in [3.05, 3.63) is 78.0 Å². The molecule has 0 saturated heterocycles. The van der Waals surface area contributed by atoms with Crippen molar-refractivity contribution in [3.8, 4) is 11.3 Å². The molecule has 0 radical (unpaired) electrons. The van der Waals surface area contributed by atoms with E-state index in [2.05, 4.69) is 0 Å². The number of carbonyl (C=O) groups is 1. The van der Waals surface area contributed by atoms with E-state index in [1.54, 1.807) is 23.7 Å². The summed E-state index contributed by atoms with van der Waals surface area (Å²) < 4.78 is 1.77. The minimum absolute atomic E-state index is 0.00307. The van der Waals surface area contributed by atoms with Crippen LogP contribution >= 0.6 is 0 Å². The van der Waals surface area contributed by atoms with Crippen molar-refractivity contribution in [2.45, 2.75) is 13.0 Å². The molecule has 1 heterocycles. The number of rotatable bonds is 4. The summed E-state index contributed by atoms with van der Waals surface area (Å²) in [6.45, 7) is 2.02. The Morgan fingerprint density at radius 3 is 2.17 bits per heavy atom. The van der Waals surface area contributed by atoms with E-state index in [1.165, 1.54) is 0 Å². The van der Waals surface area contributed by atoms with Gasteiger partial charge in [0, 0.05) is 25.9 Å². The van der Waals surface area contributed by atoms with Gasteiger partial charge in [0.05, 0.1) is 5.69 Å². The largest absolute Gasteiger partial charge is 0.347 e. The van der Waals surface area contributed by atoms with E-state index in [-0.39, 0.29) is 5.91 Å². The average molecular weight is 319 g/mol. The zero-order valence-electron chi connectivity index (χ0n) is 14.2. The predicted octanol–water partition coefficient (Wildman–Crippen LogP) is 3.54. The number of hydrogen-bond donors (Lipinski definition) is 0. The van der Waals surface area contributed by atoms with Gasteiger partial charge in [-0.2, -0.15) is 5.10 Å². The molecule has 4 nitrogen and oxygen atoms in total. The van der Waals surface area contributed by atoms with E-state index in [0.717, 1.165) is 22.4 Å². The third kappa shape index (κ3) is 3.08. The Morgan fingerprint density at radius 1 is 1.00 bits per heavy atom. The van der Waals surface area contributed by atoms with Crippen LogP contribution < -0.4 is 0 Å². The van der Waals surface area contributed by atoms with Crippen LogP contribution in [0.4, 0.5) is 0 Å². The Labute approximate surface area is 142 Å². The molecule has 0 aliphatic carbocycles. The Hall–Kier alpha value is -2.88. The summed E-state index contributed by atoms with van der Waals surface area (Å²) in [5, 5.41) is 4.73. The Balaban J connectivity index is 2.08. The highest BCUT2D eigenvalue weighted by atomic mass is 16.2. The minimum atomic E-state index is -0.461. The first-order valence-electron chi connectivity index (χ1n) is 7.95. The number of carbonyl (C=O) groups excluding carboxylic acids is 1. The van der Waals surface area contributed by atoms with E-state index in [9.17, 15) is 4.79 Å². The van der Waals surface area contributed by atoms with Crippen molar-refractivity contribution in [1.29, 1.82) is 0 Å². The van der Waals surface area contributed by atoms with Crippen LogP contribution in [0.1, 0.15) is 17.2 Å². The summed E-state index contributed by atoms with van der Waals surface area (Å²) in [4.78, 5) is 14.4. The highest BCUT2D eigenvalue weighted by Gasteiger charge is 2.26. The summed E-state index contributed by atoms with van der Waals surface area (Å²) in [7, 11) is 3.54. The van der Waals surface area contributed by atoms with Crippen molar-refractivity contribution in [2.24, 2.45) is 0 Å². The predicted molar refractivity (Wildman–Crippen MR) is 95.7 cm³/mol. The first-order chi connectivity index (χ1) is 11.6. The number of hydrogen-bond acceptors (Lipinski definition) is 2. The van der Waals surface area contributed by atoms with Crippen LogP contribution in [0, 0.1) is 6.92 Å². The molecular formula is C20H21N3O. The monoisotopic (exact) mass is 319 g/mol. The van der Waals surface area contributed by atoms with Crippen LogP contribution in [-0.2, 0) is 4.79 Å². The van der Waals surface area contributed by atoms with E-state index < -0.39 is 6.04 Å². The molecule has 0 spiro atoms. The Kier molecular flexibility index (Phi) is 4.47. The van der Waals surface area contributed by atoms with Crippen molar-refractivity contribution >= 4 is 5.91 Å². The van der Waals surface area contributed by atoms with Crippen LogP contribution in [0.25, 0.3) is 11.3 Å². The van der Waals surface area contributed by atoms with Crippen LogP contribution in [0.3, 0.4) is 0 Å². The molecule has 122 valence electrons. The molecular weight excluding hydrogens is 298 g/mol. The zero-order chi connectivity index (χ0) is 17.1. The molecule has 3 rings (SSSR count). The molecule has 2 aromatic carbocycles. The van der Waals surface area contributed by atoms with Crippen molar-refractivity contribution in [1.82, 2.24) is 14.7 Å². The third-order valence-electron chi connectivity index (χ3n) is 4.02. The second kappa shape index (κ2) is 6.71. The molecule has 0 saturated carbocycles. The van der Waals surface area contributed by atoms with Crippen LogP contribution in [-0.4, -0.2) is 34.7 Å². The zero-order valence-corrected chi connectivity index (χ0v) is 14.2. The number of amides is 1. The minimum Gasteiger partial charge on any atom is -0.347 e. The van der Waals surface area contributed by atoms with Gasteiger partial charge in [0.15, 0.2) is 6.04 Å². The Morgan fingerprint density at radius 2 is 1.58 bits per heavy atom. The summed E-state index contributed by atoms with van der Waals surface area (Å²) in [6.07, 6.45) is 1.95. The normalized spacial score (nSPS) is 12.0. The number of aryl methyl sites for hydroxylation is 1. The Bertz CT molecular complexity index is 823. The van der Waals surface area contributed by atoms with Gasteiger partial charge < -0.3 is 4.90 Å². The number of nitrogens with zero attached hydrogens (tertiary/aromatic N) is 3. The van der Waals surface area contributed by atoms with Crippen LogP contribution in [0.5, 0.6) is 0 Å². The second-order valence-electron chi connectivity index (χ2n) is 6.05. The van der Waals surface area contributed by atoms with E-state index in [1.807, 2.05) is 73.8 Å². The molecule has 0 aliphatic heterocycles. The average Bonchev–Trinajstić information content (AvgIpc) is 2.98. The van der Waals surface area contributed by atoms with Crippen molar-refractivity contribution in [3.63, 3.8) is 0 Å². The summed E-state index contributed by atoms with van der Waals surface area (Å²) >= 11 is 0. The molecule has 1 atom stereocenters. The topological polar surface area (TPSA) is 38.1 Å². The number of likely N-dealkylation sites (N-methyl/N-ethyl adjacent to an activating group) is 1. The first-order valence-corrected chi connectivity index (χ1v) is 7.95. The van der Waals surface area contributed by atoms with Gasteiger partial charge in [0.25, 0.3) is 5.91 Å². The van der Waals surface area contributed by atoms with Gasteiger partial charge in [-0.15, -0.1) is 0 Å².